The second-order valence-corrected chi connectivity index (χ2v) is 6.60. The zero-order valence-corrected chi connectivity index (χ0v) is 13.4. The predicted octanol–water partition coefficient (Wildman–Crippen LogP) is 1.28. The van der Waals surface area contributed by atoms with Crippen molar-refractivity contribution in [1.82, 2.24) is 15.5 Å². The van der Waals surface area contributed by atoms with Crippen molar-refractivity contribution in [3.8, 4) is 0 Å². The first-order valence-corrected chi connectivity index (χ1v) is 8.34. The fourth-order valence-corrected chi connectivity index (χ4v) is 3.85. The van der Waals surface area contributed by atoms with Gasteiger partial charge in [-0.1, -0.05) is 13.3 Å². The highest BCUT2D eigenvalue weighted by molar-refractivity contribution is 5.83. The molecule has 0 aromatic rings. The number of amides is 2. The van der Waals surface area contributed by atoms with E-state index in [1.165, 1.54) is 0 Å². The maximum absolute atomic E-state index is 13.1. The number of likely N-dealkylation sites (tertiary alicyclic amines) is 1. The molecule has 0 saturated carbocycles. The standard InChI is InChI=1S/C16H29N3O2/c1-3-7-16(8-5-9-17-12-16)15(21)19-10-4-6-14(11-19)18-13(2)20/h14,17H,3-12H2,1-2H3,(H,18,20). The van der Waals surface area contributed by atoms with E-state index in [0.717, 1.165) is 58.2 Å². The molecule has 2 aliphatic rings. The average Bonchev–Trinajstić information content (AvgIpc) is 2.47. The van der Waals surface area contributed by atoms with Crippen molar-refractivity contribution >= 4 is 11.8 Å². The van der Waals surface area contributed by atoms with Crippen LogP contribution in [-0.4, -0.2) is 48.9 Å². The third kappa shape index (κ3) is 3.96. The van der Waals surface area contributed by atoms with E-state index in [2.05, 4.69) is 17.6 Å². The second kappa shape index (κ2) is 7.25. The minimum Gasteiger partial charge on any atom is -0.352 e. The Morgan fingerprint density at radius 3 is 2.81 bits per heavy atom. The molecule has 120 valence electrons. The molecule has 2 heterocycles. The molecule has 2 aliphatic heterocycles. The zero-order valence-electron chi connectivity index (χ0n) is 13.4. The van der Waals surface area contributed by atoms with Crippen molar-refractivity contribution in [2.24, 2.45) is 5.41 Å². The van der Waals surface area contributed by atoms with Gasteiger partial charge in [-0.15, -0.1) is 0 Å². The van der Waals surface area contributed by atoms with E-state index in [1.54, 1.807) is 6.92 Å². The molecule has 2 saturated heterocycles. The molecule has 5 nitrogen and oxygen atoms in total. The molecule has 2 amide bonds. The number of rotatable bonds is 4. The van der Waals surface area contributed by atoms with E-state index in [1.807, 2.05) is 4.90 Å². The maximum atomic E-state index is 13.1. The van der Waals surface area contributed by atoms with Gasteiger partial charge >= 0.3 is 0 Å². The van der Waals surface area contributed by atoms with Gasteiger partial charge < -0.3 is 15.5 Å². The monoisotopic (exact) mass is 295 g/mol. The molecular formula is C16H29N3O2. The Kier molecular flexibility index (Phi) is 5.62. The topological polar surface area (TPSA) is 61.4 Å². The van der Waals surface area contributed by atoms with Crippen LogP contribution in [0, 0.1) is 5.41 Å². The quantitative estimate of drug-likeness (QED) is 0.821. The van der Waals surface area contributed by atoms with E-state index >= 15 is 0 Å². The number of piperidine rings is 2. The predicted molar refractivity (Wildman–Crippen MR) is 82.9 cm³/mol. The fraction of sp³-hybridized carbons (Fsp3) is 0.875. The molecule has 2 unspecified atom stereocenters. The number of carbonyl (C=O) groups excluding carboxylic acids is 2. The lowest BCUT2D eigenvalue weighted by Crippen LogP contribution is -2.56. The maximum Gasteiger partial charge on any atom is 0.230 e. The van der Waals surface area contributed by atoms with E-state index in [0.29, 0.717) is 12.5 Å². The Balaban J connectivity index is 2.03. The van der Waals surface area contributed by atoms with Crippen LogP contribution in [-0.2, 0) is 9.59 Å². The molecule has 0 aromatic heterocycles. The van der Waals surface area contributed by atoms with Crippen LogP contribution in [0.25, 0.3) is 0 Å². The summed E-state index contributed by atoms with van der Waals surface area (Å²) in [6.07, 6.45) is 6.02. The summed E-state index contributed by atoms with van der Waals surface area (Å²) in [6, 6.07) is 0.121. The molecule has 0 radical (unpaired) electrons. The minimum atomic E-state index is -0.217. The van der Waals surface area contributed by atoms with Gasteiger partial charge in [0.05, 0.1) is 5.41 Å². The number of nitrogens with zero attached hydrogens (tertiary/aromatic N) is 1. The van der Waals surface area contributed by atoms with Gasteiger partial charge in [0, 0.05) is 32.6 Å². The summed E-state index contributed by atoms with van der Waals surface area (Å²) in [5.41, 5.74) is -0.217. The van der Waals surface area contributed by atoms with Gasteiger partial charge in [-0.3, -0.25) is 9.59 Å². The van der Waals surface area contributed by atoms with Crippen molar-refractivity contribution in [2.75, 3.05) is 26.2 Å². The third-order valence-electron chi connectivity index (χ3n) is 4.77. The molecule has 5 heteroatoms. The highest BCUT2D eigenvalue weighted by Gasteiger charge is 2.42. The van der Waals surface area contributed by atoms with Gasteiger partial charge in [-0.25, -0.2) is 0 Å². The van der Waals surface area contributed by atoms with Gasteiger partial charge in [0.15, 0.2) is 0 Å². The number of hydrogen-bond acceptors (Lipinski definition) is 3. The first-order chi connectivity index (χ1) is 10.1. The summed E-state index contributed by atoms with van der Waals surface area (Å²) in [4.78, 5) is 26.3. The van der Waals surface area contributed by atoms with Gasteiger partial charge in [0.1, 0.15) is 0 Å². The fourth-order valence-electron chi connectivity index (χ4n) is 3.85. The zero-order chi connectivity index (χ0) is 15.3. The summed E-state index contributed by atoms with van der Waals surface area (Å²) < 4.78 is 0. The smallest absolute Gasteiger partial charge is 0.230 e. The van der Waals surface area contributed by atoms with Crippen molar-refractivity contribution < 1.29 is 9.59 Å². The SMILES string of the molecule is CCCC1(C(=O)N2CCCC(NC(C)=O)C2)CCCNC1. The Bertz CT molecular complexity index is 372. The van der Waals surface area contributed by atoms with Crippen LogP contribution in [0.15, 0.2) is 0 Å². The molecule has 2 rings (SSSR count). The summed E-state index contributed by atoms with van der Waals surface area (Å²) in [6.45, 7) is 7.03. The highest BCUT2D eigenvalue weighted by Crippen LogP contribution is 2.34. The van der Waals surface area contributed by atoms with Crippen LogP contribution >= 0.6 is 0 Å². The van der Waals surface area contributed by atoms with Crippen LogP contribution in [0.5, 0.6) is 0 Å². The Labute approximate surface area is 127 Å². The molecular weight excluding hydrogens is 266 g/mol. The van der Waals surface area contributed by atoms with E-state index in [-0.39, 0.29) is 17.4 Å². The van der Waals surface area contributed by atoms with Gasteiger partial charge in [-0.2, -0.15) is 0 Å². The van der Waals surface area contributed by atoms with Crippen LogP contribution in [0.3, 0.4) is 0 Å². The summed E-state index contributed by atoms with van der Waals surface area (Å²) in [5.74, 6) is 0.295. The Morgan fingerprint density at radius 2 is 2.19 bits per heavy atom. The molecule has 0 aromatic carbocycles. The average molecular weight is 295 g/mol. The lowest BCUT2D eigenvalue weighted by atomic mass is 9.75. The van der Waals surface area contributed by atoms with Gasteiger partial charge in [0.2, 0.25) is 11.8 Å². The van der Waals surface area contributed by atoms with E-state index in [9.17, 15) is 9.59 Å². The molecule has 2 N–H and O–H groups in total. The third-order valence-corrected chi connectivity index (χ3v) is 4.77. The summed E-state index contributed by atoms with van der Waals surface area (Å²) >= 11 is 0. The molecule has 0 bridgehead atoms. The normalized spacial score (nSPS) is 30.0. The van der Waals surface area contributed by atoms with Crippen molar-refractivity contribution in [3.63, 3.8) is 0 Å². The van der Waals surface area contributed by atoms with Crippen molar-refractivity contribution in [2.45, 2.75) is 58.4 Å². The molecule has 0 spiro atoms. The lowest BCUT2D eigenvalue weighted by molar-refractivity contribution is -0.145. The van der Waals surface area contributed by atoms with Crippen molar-refractivity contribution in [1.29, 1.82) is 0 Å². The van der Waals surface area contributed by atoms with Gasteiger partial charge in [0.25, 0.3) is 0 Å². The van der Waals surface area contributed by atoms with E-state index < -0.39 is 0 Å². The summed E-state index contributed by atoms with van der Waals surface area (Å²) in [7, 11) is 0. The van der Waals surface area contributed by atoms with Crippen LogP contribution < -0.4 is 10.6 Å². The second-order valence-electron chi connectivity index (χ2n) is 6.60. The Hall–Kier alpha value is -1.10. The van der Waals surface area contributed by atoms with Crippen molar-refractivity contribution in [3.05, 3.63) is 0 Å². The number of hydrogen-bond donors (Lipinski definition) is 2. The van der Waals surface area contributed by atoms with Crippen LogP contribution in [0.2, 0.25) is 0 Å². The molecule has 2 fully saturated rings. The number of nitrogens with one attached hydrogen (secondary N) is 2. The van der Waals surface area contributed by atoms with E-state index in [4.69, 9.17) is 0 Å². The summed E-state index contributed by atoms with van der Waals surface area (Å²) in [5, 5.41) is 6.37. The van der Waals surface area contributed by atoms with Gasteiger partial charge in [-0.05, 0) is 38.6 Å². The first kappa shape index (κ1) is 16.3. The molecule has 21 heavy (non-hydrogen) atoms. The first-order valence-electron chi connectivity index (χ1n) is 8.34. The van der Waals surface area contributed by atoms with Crippen LogP contribution in [0.4, 0.5) is 0 Å². The molecule has 2 atom stereocenters. The molecule has 0 aliphatic carbocycles. The lowest BCUT2D eigenvalue weighted by Gasteiger charge is -2.42. The number of carbonyl (C=O) groups is 2. The largest absolute Gasteiger partial charge is 0.352 e. The minimum absolute atomic E-state index is 0.00287. The Morgan fingerprint density at radius 1 is 1.38 bits per heavy atom. The van der Waals surface area contributed by atoms with Crippen LogP contribution in [0.1, 0.15) is 52.4 Å². The highest BCUT2D eigenvalue weighted by atomic mass is 16.2.